The number of nitrogens with zero attached hydrogens (tertiary/aromatic N) is 2. The summed E-state index contributed by atoms with van der Waals surface area (Å²) in [6.45, 7) is 5.51. The minimum atomic E-state index is -3.30. The molecule has 1 unspecified atom stereocenters. The standard InChI is InChI=1S/C22H26N4O2S/c1-15-7-8-19-18(11-15)20(24-16(2)13-23)12-22(25-19)26-9-10-29(27,28)21-6-4-3-5-17(21)14-26/h3-8,11-12,16H,9-10,13-14,23H2,1-2H3,(H,24,25). The third-order valence-corrected chi connectivity index (χ3v) is 7.12. The van der Waals surface area contributed by atoms with Gasteiger partial charge in [-0.2, -0.15) is 0 Å². The van der Waals surface area contributed by atoms with Crippen LogP contribution in [0.15, 0.2) is 53.4 Å². The number of hydrogen-bond donors (Lipinski definition) is 2. The molecule has 0 fully saturated rings. The van der Waals surface area contributed by atoms with Gasteiger partial charge < -0.3 is 16.0 Å². The third kappa shape index (κ3) is 3.93. The quantitative estimate of drug-likeness (QED) is 0.687. The lowest BCUT2D eigenvalue weighted by molar-refractivity contribution is 0.596. The van der Waals surface area contributed by atoms with E-state index >= 15 is 0 Å². The van der Waals surface area contributed by atoms with Gasteiger partial charge in [0, 0.05) is 42.8 Å². The van der Waals surface area contributed by atoms with Gasteiger partial charge in [0.2, 0.25) is 0 Å². The number of rotatable bonds is 4. The van der Waals surface area contributed by atoms with Gasteiger partial charge in [-0.05, 0) is 37.6 Å². The van der Waals surface area contributed by atoms with Crippen molar-refractivity contribution in [1.82, 2.24) is 4.98 Å². The Morgan fingerprint density at radius 3 is 2.79 bits per heavy atom. The lowest BCUT2D eigenvalue weighted by atomic mass is 10.1. The summed E-state index contributed by atoms with van der Waals surface area (Å²) in [5, 5.41) is 4.52. The first-order valence-corrected chi connectivity index (χ1v) is 11.5. The highest BCUT2D eigenvalue weighted by molar-refractivity contribution is 7.91. The molecular formula is C22H26N4O2S. The maximum absolute atomic E-state index is 12.7. The summed E-state index contributed by atoms with van der Waals surface area (Å²) >= 11 is 0. The summed E-state index contributed by atoms with van der Waals surface area (Å²) in [5.74, 6) is 0.833. The number of aromatic nitrogens is 1. The fourth-order valence-corrected chi connectivity index (χ4v) is 5.19. The van der Waals surface area contributed by atoms with Crippen molar-refractivity contribution in [3.8, 4) is 0 Å². The normalized spacial score (nSPS) is 16.9. The molecule has 1 aliphatic rings. The van der Waals surface area contributed by atoms with Gasteiger partial charge in [0.1, 0.15) is 5.82 Å². The number of pyridine rings is 1. The predicted octanol–water partition coefficient (Wildman–Crippen LogP) is 3.10. The molecule has 0 aliphatic carbocycles. The van der Waals surface area contributed by atoms with Crippen molar-refractivity contribution in [1.29, 1.82) is 0 Å². The van der Waals surface area contributed by atoms with Crippen LogP contribution < -0.4 is 16.0 Å². The van der Waals surface area contributed by atoms with Gasteiger partial charge in [-0.1, -0.05) is 29.8 Å². The lowest BCUT2D eigenvalue weighted by Gasteiger charge is -2.24. The van der Waals surface area contributed by atoms with E-state index in [4.69, 9.17) is 10.7 Å². The summed E-state index contributed by atoms with van der Waals surface area (Å²) in [6.07, 6.45) is 0. The van der Waals surface area contributed by atoms with Crippen molar-refractivity contribution >= 4 is 32.2 Å². The molecule has 2 heterocycles. The molecule has 1 atom stereocenters. The van der Waals surface area contributed by atoms with Crippen molar-refractivity contribution in [2.24, 2.45) is 5.73 Å². The van der Waals surface area contributed by atoms with Crippen LogP contribution in [0.3, 0.4) is 0 Å². The molecule has 3 N–H and O–H groups in total. The van der Waals surface area contributed by atoms with Gasteiger partial charge in [0.25, 0.3) is 0 Å². The summed E-state index contributed by atoms with van der Waals surface area (Å²) in [7, 11) is -3.30. The fourth-order valence-electron chi connectivity index (χ4n) is 3.69. The van der Waals surface area contributed by atoms with E-state index in [0.29, 0.717) is 24.5 Å². The SMILES string of the molecule is Cc1ccc2nc(N3CCS(=O)(=O)c4ccccc4C3)cc(NC(C)CN)c2c1. The molecule has 4 rings (SSSR count). The smallest absolute Gasteiger partial charge is 0.180 e. The first-order valence-electron chi connectivity index (χ1n) is 9.81. The van der Waals surface area contributed by atoms with Crippen molar-refractivity contribution in [3.05, 3.63) is 59.7 Å². The molecule has 0 saturated heterocycles. The Morgan fingerprint density at radius 1 is 1.21 bits per heavy atom. The first-order chi connectivity index (χ1) is 13.9. The van der Waals surface area contributed by atoms with Crippen LogP contribution in [0.5, 0.6) is 0 Å². The highest BCUT2D eigenvalue weighted by Gasteiger charge is 2.26. The monoisotopic (exact) mass is 410 g/mol. The van der Waals surface area contributed by atoms with Crippen molar-refractivity contribution in [2.75, 3.05) is 29.1 Å². The Hall–Kier alpha value is -2.64. The Morgan fingerprint density at radius 2 is 2.00 bits per heavy atom. The molecule has 1 aromatic heterocycles. The Labute approximate surface area is 171 Å². The van der Waals surface area contributed by atoms with Gasteiger partial charge in [-0.15, -0.1) is 0 Å². The highest BCUT2D eigenvalue weighted by Crippen LogP contribution is 2.31. The minimum Gasteiger partial charge on any atom is -0.381 e. The number of sulfone groups is 1. The summed E-state index contributed by atoms with van der Waals surface area (Å²) in [6, 6.07) is 15.5. The number of benzene rings is 2. The Balaban J connectivity index is 1.81. The number of nitrogens with one attached hydrogen (secondary N) is 1. The second-order valence-electron chi connectivity index (χ2n) is 7.68. The molecule has 0 saturated carbocycles. The van der Waals surface area contributed by atoms with E-state index < -0.39 is 9.84 Å². The topological polar surface area (TPSA) is 88.3 Å². The largest absolute Gasteiger partial charge is 0.381 e. The molecule has 1 aliphatic heterocycles. The molecule has 6 nitrogen and oxygen atoms in total. The molecule has 0 bridgehead atoms. The number of anilines is 2. The molecule has 0 spiro atoms. The molecular weight excluding hydrogens is 384 g/mol. The fraction of sp³-hybridized carbons (Fsp3) is 0.318. The van der Waals surface area contributed by atoms with Crippen LogP contribution in [-0.2, 0) is 16.4 Å². The average Bonchev–Trinajstić information content (AvgIpc) is 2.84. The van der Waals surface area contributed by atoms with Crippen molar-refractivity contribution in [3.63, 3.8) is 0 Å². The van der Waals surface area contributed by atoms with E-state index in [1.54, 1.807) is 12.1 Å². The zero-order chi connectivity index (χ0) is 20.6. The van der Waals surface area contributed by atoms with Gasteiger partial charge in [0.05, 0.1) is 16.2 Å². The van der Waals surface area contributed by atoms with Crippen LogP contribution in [-0.4, -0.2) is 38.3 Å². The predicted molar refractivity (Wildman–Crippen MR) is 118 cm³/mol. The maximum atomic E-state index is 12.7. The average molecular weight is 411 g/mol. The zero-order valence-corrected chi connectivity index (χ0v) is 17.5. The molecule has 3 aromatic rings. The van der Waals surface area contributed by atoms with Gasteiger partial charge in [-0.25, -0.2) is 13.4 Å². The van der Waals surface area contributed by atoms with Crippen LogP contribution in [0, 0.1) is 6.92 Å². The number of aryl methyl sites for hydroxylation is 1. The van der Waals surface area contributed by atoms with Crippen molar-refractivity contribution < 1.29 is 8.42 Å². The Kier molecular flexibility index (Phi) is 5.19. The summed E-state index contributed by atoms with van der Waals surface area (Å²) in [5.41, 5.74) is 9.63. The van der Waals surface area contributed by atoms with Crippen LogP contribution in [0.4, 0.5) is 11.5 Å². The molecule has 2 aromatic carbocycles. The minimum absolute atomic E-state index is 0.0690. The van der Waals surface area contributed by atoms with E-state index in [1.165, 1.54) is 0 Å². The summed E-state index contributed by atoms with van der Waals surface area (Å²) in [4.78, 5) is 7.32. The first kappa shape index (κ1) is 19.7. The van der Waals surface area contributed by atoms with E-state index in [9.17, 15) is 8.42 Å². The van der Waals surface area contributed by atoms with Gasteiger partial charge >= 0.3 is 0 Å². The second-order valence-corrected chi connectivity index (χ2v) is 9.76. The number of hydrogen-bond acceptors (Lipinski definition) is 6. The van der Waals surface area contributed by atoms with Gasteiger partial charge in [0.15, 0.2) is 9.84 Å². The van der Waals surface area contributed by atoms with Gasteiger partial charge in [-0.3, -0.25) is 0 Å². The molecule has 0 amide bonds. The second kappa shape index (κ2) is 7.65. The highest BCUT2D eigenvalue weighted by atomic mass is 32.2. The molecule has 7 heteroatoms. The Bertz CT molecular complexity index is 1160. The maximum Gasteiger partial charge on any atom is 0.180 e. The van der Waals surface area contributed by atoms with E-state index in [-0.39, 0.29) is 11.8 Å². The zero-order valence-electron chi connectivity index (χ0n) is 16.7. The van der Waals surface area contributed by atoms with E-state index in [2.05, 4.69) is 18.3 Å². The molecule has 29 heavy (non-hydrogen) atoms. The van der Waals surface area contributed by atoms with Crippen LogP contribution >= 0.6 is 0 Å². The lowest BCUT2D eigenvalue weighted by Crippen LogP contribution is -2.28. The van der Waals surface area contributed by atoms with Crippen LogP contribution in [0.1, 0.15) is 18.1 Å². The van der Waals surface area contributed by atoms with Crippen LogP contribution in [0.2, 0.25) is 0 Å². The van der Waals surface area contributed by atoms with E-state index in [0.717, 1.165) is 33.5 Å². The number of fused-ring (bicyclic) bond motifs is 2. The van der Waals surface area contributed by atoms with Crippen LogP contribution in [0.25, 0.3) is 10.9 Å². The molecule has 0 radical (unpaired) electrons. The van der Waals surface area contributed by atoms with Crippen molar-refractivity contribution in [2.45, 2.75) is 31.3 Å². The molecule has 152 valence electrons. The third-order valence-electron chi connectivity index (χ3n) is 5.33. The summed E-state index contributed by atoms with van der Waals surface area (Å²) < 4.78 is 25.4. The van der Waals surface area contributed by atoms with E-state index in [1.807, 2.05) is 42.2 Å². The number of nitrogens with two attached hydrogens (primary N) is 1.